The summed E-state index contributed by atoms with van der Waals surface area (Å²) in [6, 6.07) is 29.3. The van der Waals surface area contributed by atoms with Gasteiger partial charge in [-0.1, -0.05) is 0 Å². The summed E-state index contributed by atoms with van der Waals surface area (Å²) in [5, 5.41) is 0. The van der Waals surface area contributed by atoms with Crippen LogP contribution in [0.5, 0.6) is 0 Å². The van der Waals surface area contributed by atoms with E-state index in [-0.39, 0.29) is 0 Å². The molecule has 1 unspecified atom stereocenters. The fourth-order valence-corrected chi connectivity index (χ4v) is 18.9. The Morgan fingerprint density at radius 1 is 0.594 bits per heavy atom. The second kappa shape index (κ2) is 6.85. The van der Waals surface area contributed by atoms with E-state index in [2.05, 4.69) is 131 Å². The van der Waals surface area contributed by atoms with E-state index < -0.39 is 18.4 Å². The Labute approximate surface area is 192 Å². The number of allylic oxidation sites excluding steroid dienone is 9. The average Bonchev–Trinajstić information content (AvgIpc) is 2.89. The van der Waals surface area contributed by atoms with Crippen LogP contribution in [0.4, 0.5) is 5.69 Å². The van der Waals surface area contributed by atoms with Crippen molar-refractivity contribution < 1.29 is 0 Å². The van der Waals surface area contributed by atoms with Gasteiger partial charge in [0.15, 0.2) is 0 Å². The predicted octanol–water partition coefficient (Wildman–Crippen LogP) is 5.54. The van der Waals surface area contributed by atoms with Crippen LogP contribution in [0.1, 0.15) is 11.1 Å². The molecule has 3 aromatic rings. The van der Waals surface area contributed by atoms with E-state index in [9.17, 15) is 0 Å². The van der Waals surface area contributed by atoms with Crippen molar-refractivity contribution in [3.05, 3.63) is 146 Å². The first kappa shape index (κ1) is 18.3. The standard InChI is InChI=1S/C24H16N.C6H5.Sn/c1-2-3-5-15-21-20-14-8-9-16-22(20)25-18-11-10-17-23(25)24(21)19-12-6-4-7-13-19;1-2-4-6-5-3-1;/h1-12,14,16-18H;1-5H;. The average molecular weight is 514 g/mol. The minimum atomic E-state index is -3.34. The molecule has 1 atom stereocenters. The summed E-state index contributed by atoms with van der Waals surface area (Å²) in [6.45, 7) is 0. The van der Waals surface area contributed by atoms with Crippen LogP contribution in [0.2, 0.25) is 0 Å². The van der Waals surface area contributed by atoms with E-state index in [1.807, 2.05) is 0 Å². The van der Waals surface area contributed by atoms with Gasteiger partial charge in [0.25, 0.3) is 0 Å². The minimum absolute atomic E-state index is 1.27. The van der Waals surface area contributed by atoms with Crippen LogP contribution >= 0.6 is 0 Å². The molecule has 0 bridgehead atoms. The van der Waals surface area contributed by atoms with Crippen molar-refractivity contribution in [2.75, 3.05) is 4.90 Å². The van der Waals surface area contributed by atoms with Gasteiger partial charge in [0.05, 0.1) is 0 Å². The molecule has 0 fully saturated rings. The number of anilines is 1. The third kappa shape index (κ3) is 2.29. The fraction of sp³-hybridized carbons (Fsp3) is 0. The molecule has 150 valence electrons. The van der Waals surface area contributed by atoms with E-state index >= 15 is 0 Å². The maximum absolute atomic E-state index is 3.34. The summed E-state index contributed by atoms with van der Waals surface area (Å²) in [5.41, 5.74) is 8.10. The number of benzene rings is 3. The van der Waals surface area contributed by atoms with Crippen molar-refractivity contribution >= 4 is 42.4 Å². The predicted molar refractivity (Wildman–Crippen MR) is 137 cm³/mol. The van der Waals surface area contributed by atoms with E-state index in [1.165, 1.54) is 37.2 Å². The van der Waals surface area contributed by atoms with Crippen LogP contribution in [0, 0.1) is 0 Å². The fourth-order valence-electron chi connectivity index (χ4n) is 5.81. The summed E-state index contributed by atoms with van der Waals surface area (Å²) >= 11 is -3.34. The number of fused-ring (bicyclic) bond motifs is 9. The molecule has 1 nitrogen and oxygen atoms in total. The van der Waals surface area contributed by atoms with Gasteiger partial charge < -0.3 is 0 Å². The third-order valence-electron chi connectivity index (χ3n) is 7.06. The summed E-state index contributed by atoms with van der Waals surface area (Å²) < 4.78 is 7.22. The Hall–Kier alpha value is -3.30. The molecular weight excluding hydrogens is 493 g/mol. The Bertz CT molecular complexity index is 1470. The van der Waals surface area contributed by atoms with Crippen molar-refractivity contribution in [3.8, 4) is 0 Å². The van der Waals surface area contributed by atoms with Crippen molar-refractivity contribution in [1.82, 2.24) is 0 Å². The number of hydrogen-bond acceptors (Lipinski definition) is 1. The molecule has 3 aromatic carbocycles. The molecule has 0 N–H and O–H groups in total. The second-order valence-electron chi connectivity index (χ2n) is 8.57. The van der Waals surface area contributed by atoms with Crippen LogP contribution in [0.25, 0.3) is 11.1 Å². The zero-order chi connectivity index (χ0) is 21.1. The molecule has 4 aliphatic heterocycles. The molecule has 0 saturated carbocycles. The van der Waals surface area contributed by atoms with Gasteiger partial charge in [0, 0.05) is 0 Å². The van der Waals surface area contributed by atoms with Gasteiger partial charge in [0.1, 0.15) is 0 Å². The molecule has 2 heteroatoms. The quantitative estimate of drug-likeness (QED) is 0.386. The van der Waals surface area contributed by atoms with Crippen LogP contribution in [0.15, 0.2) is 135 Å². The Balaban J connectivity index is 1.70. The van der Waals surface area contributed by atoms with Gasteiger partial charge >= 0.3 is 193 Å². The van der Waals surface area contributed by atoms with Crippen molar-refractivity contribution in [1.29, 1.82) is 0 Å². The summed E-state index contributed by atoms with van der Waals surface area (Å²) in [7, 11) is 0. The zero-order valence-corrected chi connectivity index (χ0v) is 20.4. The molecule has 0 saturated heterocycles. The van der Waals surface area contributed by atoms with E-state index in [0.717, 1.165) is 0 Å². The van der Waals surface area contributed by atoms with E-state index in [4.69, 9.17) is 0 Å². The second-order valence-corrected chi connectivity index (χ2v) is 18.9. The summed E-state index contributed by atoms with van der Waals surface area (Å²) in [4.78, 5) is 2.36. The van der Waals surface area contributed by atoms with Crippen molar-refractivity contribution in [2.24, 2.45) is 0 Å². The molecule has 7 rings (SSSR count). The molecule has 0 spiro atoms. The van der Waals surface area contributed by atoms with Gasteiger partial charge in [-0.05, 0) is 0 Å². The molecule has 4 aliphatic rings. The number of rotatable bonds is 1. The van der Waals surface area contributed by atoms with Crippen LogP contribution in [-0.4, -0.2) is 18.4 Å². The molecule has 0 aromatic heterocycles. The first-order valence-corrected chi connectivity index (χ1v) is 17.1. The first-order valence-electron chi connectivity index (χ1n) is 11.1. The van der Waals surface area contributed by atoms with Gasteiger partial charge in [0.2, 0.25) is 0 Å². The van der Waals surface area contributed by atoms with Crippen molar-refractivity contribution in [2.45, 2.75) is 0 Å². The van der Waals surface area contributed by atoms with Gasteiger partial charge in [-0.15, -0.1) is 0 Å². The molecule has 32 heavy (non-hydrogen) atoms. The van der Waals surface area contributed by atoms with E-state index in [1.54, 1.807) is 7.17 Å². The Morgan fingerprint density at radius 3 is 2.25 bits per heavy atom. The van der Waals surface area contributed by atoms with E-state index in [0.29, 0.717) is 0 Å². The Morgan fingerprint density at radius 2 is 1.34 bits per heavy atom. The molecular formula is C30H21NSn. The maximum atomic E-state index is 2.60. The first-order chi connectivity index (χ1) is 15.9. The summed E-state index contributed by atoms with van der Waals surface area (Å²) in [5.74, 6) is 0. The molecule has 0 radical (unpaired) electrons. The van der Waals surface area contributed by atoms with Crippen LogP contribution < -0.4 is 12.1 Å². The molecule has 4 heterocycles. The molecule has 0 aliphatic carbocycles. The molecule has 0 amide bonds. The monoisotopic (exact) mass is 515 g/mol. The van der Waals surface area contributed by atoms with Crippen LogP contribution in [-0.2, 0) is 0 Å². The SMILES string of the molecule is C1=CC2=C3C(=[C]4C=CC=[CH][Sn]4([c]4ccccc4)[c]4ccccc43)c3ccccc3N2C=C1. The number of para-hydroxylation sites is 1. The summed E-state index contributed by atoms with van der Waals surface area (Å²) in [6.07, 6.45) is 15.7. The normalized spacial score (nSPS) is 21.7. The topological polar surface area (TPSA) is 3.24 Å². The Kier molecular flexibility index (Phi) is 3.91. The van der Waals surface area contributed by atoms with Gasteiger partial charge in [-0.25, -0.2) is 0 Å². The third-order valence-corrected chi connectivity index (χ3v) is 19.9. The number of hydrogen-bond donors (Lipinski definition) is 0. The van der Waals surface area contributed by atoms with Crippen molar-refractivity contribution in [3.63, 3.8) is 0 Å². The van der Waals surface area contributed by atoms with Gasteiger partial charge in [-0.2, -0.15) is 0 Å². The number of nitrogens with zero attached hydrogens (tertiary/aromatic N) is 1. The van der Waals surface area contributed by atoms with Crippen LogP contribution in [0.3, 0.4) is 0 Å². The zero-order valence-electron chi connectivity index (χ0n) is 17.6. The van der Waals surface area contributed by atoms with Gasteiger partial charge in [-0.3, -0.25) is 0 Å².